The maximum absolute atomic E-state index is 13.5. The molecule has 2 rings (SSSR count). The number of hydrogen-bond donors (Lipinski definition) is 12. The summed E-state index contributed by atoms with van der Waals surface area (Å²) < 4.78 is 0. The number of thioether (sulfide) groups is 1. The zero-order valence-electron chi connectivity index (χ0n) is 36.1. The molecule has 2 aliphatic heterocycles. The summed E-state index contributed by atoms with van der Waals surface area (Å²) in [5, 5.41) is 30.3. The highest BCUT2D eigenvalue weighted by Crippen LogP contribution is 2.33. The molecule has 0 aromatic heterocycles. The summed E-state index contributed by atoms with van der Waals surface area (Å²) in [6.45, 7) is 6.47. The Hall–Kier alpha value is -5.19. The first-order valence-electron chi connectivity index (χ1n) is 21.2. The fourth-order valence-electron chi connectivity index (χ4n) is 7.07. The number of carbonyl (C=O) groups excluding carboxylic acids is 10. The lowest BCUT2D eigenvalue weighted by Gasteiger charge is -2.26. The normalized spacial score (nSPS) is 18.5. The van der Waals surface area contributed by atoms with Gasteiger partial charge in [0.15, 0.2) is 0 Å². The van der Waals surface area contributed by atoms with Crippen molar-refractivity contribution >= 4 is 71.0 Å². The third kappa shape index (κ3) is 20.6. The number of nitrogens with one attached hydrogen (secondary N) is 9. The Kier molecular flexibility index (Phi) is 23.6. The van der Waals surface area contributed by atoms with Gasteiger partial charge in [-0.05, 0) is 63.2 Å². The SMILES string of the molecule is CC(C)CC(CC(=O)NO)C(=O)N[C@@H](CC(C)C)C(=O)N[C@@H](CCC(N)=O)C(=O)NCC(=O)NCC(=O)N[C@@H](CCCCNC(=O)CCCC[C@@H]1SC[C@@H]2NC(=O)N[C@@H]21)C(N)=O. The van der Waals surface area contributed by atoms with E-state index in [1.807, 2.05) is 25.6 Å². The Morgan fingerprint density at radius 1 is 0.694 bits per heavy atom. The molecule has 0 saturated carbocycles. The predicted octanol–water partition coefficient (Wildman–Crippen LogP) is -1.96. The molecule has 0 spiro atoms. The van der Waals surface area contributed by atoms with Gasteiger partial charge in [-0.15, -0.1) is 0 Å². The smallest absolute Gasteiger partial charge is 0.315 e. The van der Waals surface area contributed by atoms with Gasteiger partial charge in [0.1, 0.15) is 18.1 Å². The Balaban J connectivity index is 1.78. The summed E-state index contributed by atoms with van der Waals surface area (Å²) in [6.07, 6.45) is 3.57. The van der Waals surface area contributed by atoms with E-state index >= 15 is 0 Å². The average molecular weight is 898 g/mol. The molecule has 0 aromatic rings. The molecule has 23 heteroatoms. The number of primary amides is 2. The third-order valence-electron chi connectivity index (χ3n) is 10.2. The molecule has 2 heterocycles. The van der Waals surface area contributed by atoms with E-state index in [-0.39, 0.29) is 74.4 Å². The minimum Gasteiger partial charge on any atom is -0.370 e. The van der Waals surface area contributed by atoms with Crippen molar-refractivity contribution in [3.63, 3.8) is 0 Å². The van der Waals surface area contributed by atoms with Gasteiger partial charge in [0.05, 0.1) is 25.2 Å². The van der Waals surface area contributed by atoms with Crippen molar-refractivity contribution < 1.29 is 53.2 Å². The number of amides is 11. The van der Waals surface area contributed by atoms with Gasteiger partial charge in [-0.1, -0.05) is 34.1 Å². The van der Waals surface area contributed by atoms with Crippen LogP contribution in [0.3, 0.4) is 0 Å². The number of hydroxylamine groups is 1. The van der Waals surface area contributed by atoms with E-state index in [0.717, 1.165) is 25.0 Å². The van der Waals surface area contributed by atoms with Crippen LogP contribution in [0.2, 0.25) is 0 Å². The zero-order chi connectivity index (χ0) is 46.4. The molecule has 62 heavy (non-hydrogen) atoms. The quantitative estimate of drug-likeness (QED) is 0.0162. The van der Waals surface area contributed by atoms with Gasteiger partial charge >= 0.3 is 6.03 Å². The van der Waals surface area contributed by atoms with Crippen LogP contribution in [-0.4, -0.2) is 125 Å². The van der Waals surface area contributed by atoms with Crippen LogP contribution >= 0.6 is 11.8 Å². The third-order valence-corrected chi connectivity index (χ3v) is 11.7. The molecule has 0 aliphatic carbocycles. The Morgan fingerprint density at radius 2 is 1.37 bits per heavy atom. The molecule has 22 nitrogen and oxygen atoms in total. The van der Waals surface area contributed by atoms with Gasteiger partial charge in [-0.25, -0.2) is 10.3 Å². The maximum Gasteiger partial charge on any atom is 0.315 e. The molecule has 11 amide bonds. The zero-order valence-corrected chi connectivity index (χ0v) is 36.9. The molecule has 7 atom stereocenters. The fourth-order valence-corrected chi connectivity index (χ4v) is 8.61. The standard InChI is InChI=1S/C39H67N11O11S/c1-21(2)15-23(17-31(53)50-61)36(57)47-26(16-22(3)4)38(59)46-25(12-13-29(40)51)37(58)44-18-32(54)43-19-33(55)45-24(35(41)56)9-7-8-14-42-30(52)11-6-5-10-28-34-27(20-62-28)48-39(60)49-34/h21-28,34,61H,5-20H2,1-4H3,(H2,40,51)(H2,41,56)(H,42,52)(H,43,54)(H,44,58)(H,45,55)(H,46,59)(H,47,57)(H,50,53)(H2,48,49,60)/t23?,24-,25-,26-,27-,28-,34-/m0/s1. The minimum absolute atomic E-state index is 0.00100. The number of hydrogen-bond acceptors (Lipinski definition) is 12. The fraction of sp³-hybridized carbons (Fsp3) is 0.744. The van der Waals surface area contributed by atoms with Crippen molar-refractivity contribution in [2.24, 2.45) is 29.2 Å². The minimum atomic E-state index is -1.36. The monoisotopic (exact) mass is 897 g/mol. The molecule has 2 aliphatic rings. The summed E-state index contributed by atoms with van der Waals surface area (Å²) >= 11 is 1.83. The number of fused-ring (bicyclic) bond motifs is 1. The van der Waals surface area contributed by atoms with Crippen molar-refractivity contribution in [2.45, 2.75) is 140 Å². The van der Waals surface area contributed by atoms with Crippen LogP contribution in [0.25, 0.3) is 0 Å². The molecule has 0 bridgehead atoms. The highest BCUT2D eigenvalue weighted by atomic mass is 32.2. The van der Waals surface area contributed by atoms with E-state index in [1.54, 1.807) is 13.8 Å². The van der Waals surface area contributed by atoms with Crippen LogP contribution in [-0.2, 0) is 43.2 Å². The number of rotatable bonds is 30. The average Bonchev–Trinajstić information content (AvgIpc) is 3.76. The first-order chi connectivity index (χ1) is 29.3. The van der Waals surface area contributed by atoms with E-state index < -0.39 is 84.4 Å². The molecular formula is C39H67N11O11S. The predicted molar refractivity (Wildman–Crippen MR) is 227 cm³/mol. The van der Waals surface area contributed by atoms with E-state index in [1.165, 1.54) is 5.48 Å². The molecule has 350 valence electrons. The molecule has 0 radical (unpaired) electrons. The summed E-state index contributed by atoms with van der Waals surface area (Å²) in [4.78, 5) is 124. The molecule has 0 aromatic carbocycles. The highest BCUT2D eigenvalue weighted by Gasteiger charge is 2.42. The van der Waals surface area contributed by atoms with Crippen LogP contribution in [0.5, 0.6) is 0 Å². The second-order valence-electron chi connectivity index (χ2n) is 16.6. The van der Waals surface area contributed by atoms with E-state index in [4.69, 9.17) is 16.7 Å². The Bertz CT molecular complexity index is 1580. The Labute approximate surface area is 366 Å². The number of unbranched alkanes of at least 4 members (excludes halogenated alkanes) is 2. The van der Waals surface area contributed by atoms with Crippen molar-refractivity contribution in [2.75, 3.05) is 25.4 Å². The van der Waals surface area contributed by atoms with E-state index in [2.05, 4.69) is 42.5 Å². The lowest BCUT2D eigenvalue weighted by Crippen LogP contribution is -2.55. The lowest BCUT2D eigenvalue weighted by atomic mass is 9.92. The van der Waals surface area contributed by atoms with Gasteiger partial charge in [0, 0.05) is 42.7 Å². The van der Waals surface area contributed by atoms with Gasteiger partial charge in [0.2, 0.25) is 53.2 Å². The van der Waals surface area contributed by atoms with Gasteiger partial charge in [-0.2, -0.15) is 11.8 Å². The largest absolute Gasteiger partial charge is 0.370 e. The number of urea groups is 1. The first-order valence-corrected chi connectivity index (χ1v) is 22.2. The summed E-state index contributed by atoms with van der Waals surface area (Å²) in [5.41, 5.74) is 12.3. The molecule has 2 saturated heterocycles. The number of carbonyl (C=O) groups is 10. The van der Waals surface area contributed by atoms with Crippen LogP contribution < -0.4 is 59.5 Å². The van der Waals surface area contributed by atoms with E-state index in [9.17, 15) is 47.9 Å². The summed E-state index contributed by atoms with van der Waals surface area (Å²) in [5.74, 6) is -6.26. The first kappa shape index (κ1) is 52.9. The number of nitrogens with two attached hydrogens (primary N) is 2. The molecule has 14 N–H and O–H groups in total. The van der Waals surface area contributed by atoms with Crippen LogP contribution in [0, 0.1) is 17.8 Å². The molecular weight excluding hydrogens is 831 g/mol. The van der Waals surface area contributed by atoms with Gasteiger partial charge < -0.3 is 54.0 Å². The summed E-state index contributed by atoms with van der Waals surface area (Å²) in [6, 6.07) is -3.38. The highest BCUT2D eigenvalue weighted by molar-refractivity contribution is 8.00. The van der Waals surface area contributed by atoms with Crippen molar-refractivity contribution in [3.8, 4) is 0 Å². The maximum atomic E-state index is 13.5. The lowest BCUT2D eigenvalue weighted by molar-refractivity contribution is -0.137. The Morgan fingerprint density at radius 3 is 2.02 bits per heavy atom. The molecule has 2 fully saturated rings. The van der Waals surface area contributed by atoms with Crippen LogP contribution in [0.4, 0.5) is 4.79 Å². The topological polar surface area (TPSA) is 351 Å². The van der Waals surface area contributed by atoms with Crippen LogP contribution in [0.1, 0.15) is 105 Å². The second-order valence-corrected chi connectivity index (χ2v) is 17.8. The van der Waals surface area contributed by atoms with Gasteiger partial charge in [-0.3, -0.25) is 48.4 Å². The van der Waals surface area contributed by atoms with Crippen LogP contribution in [0.15, 0.2) is 0 Å². The van der Waals surface area contributed by atoms with Gasteiger partial charge in [0.25, 0.3) is 0 Å². The van der Waals surface area contributed by atoms with Crippen molar-refractivity contribution in [1.29, 1.82) is 0 Å². The van der Waals surface area contributed by atoms with E-state index in [0.29, 0.717) is 31.1 Å². The van der Waals surface area contributed by atoms with Crippen molar-refractivity contribution in [1.82, 2.24) is 48.0 Å². The second kappa shape index (κ2) is 27.7. The summed E-state index contributed by atoms with van der Waals surface area (Å²) in [7, 11) is 0. The van der Waals surface area contributed by atoms with Crippen molar-refractivity contribution in [3.05, 3.63) is 0 Å². The molecule has 1 unspecified atom stereocenters.